The second-order valence-electron chi connectivity index (χ2n) is 7.72. The van der Waals surface area contributed by atoms with Crippen molar-refractivity contribution >= 4 is 23.4 Å². The summed E-state index contributed by atoms with van der Waals surface area (Å²) in [5.41, 5.74) is 0.0462. The van der Waals surface area contributed by atoms with Crippen molar-refractivity contribution in [3.05, 3.63) is 34.3 Å². The average molecular weight is 383 g/mol. The fourth-order valence-electron chi connectivity index (χ4n) is 4.29. The van der Waals surface area contributed by atoms with Gasteiger partial charge in [-0.2, -0.15) is 0 Å². The van der Waals surface area contributed by atoms with E-state index in [-0.39, 0.29) is 45.8 Å². The number of fused-ring (bicyclic) bond motifs is 1. The molecule has 2 heterocycles. The summed E-state index contributed by atoms with van der Waals surface area (Å²) in [4.78, 5) is 29.1. The van der Waals surface area contributed by atoms with Crippen molar-refractivity contribution in [3.63, 3.8) is 0 Å². The number of rotatable bonds is 3. The molecule has 3 fully saturated rings. The minimum atomic E-state index is -2.62. The predicted octanol–water partition coefficient (Wildman–Crippen LogP) is 3.61. The molecule has 0 N–H and O–H groups in total. The third-order valence-corrected chi connectivity index (χ3v) is 6.33. The van der Waals surface area contributed by atoms with E-state index in [2.05, 4.69) is 6.92 Å². The van der Waals surface area contributed by atoms with Crippen LogP contribution in [0, 0.1) is 17.8 Å². The maximum Gasteiger partial charge on any atom is 0.263 e. The summed E-state index contributed by atoms with van der Waals surface area (Å²) in [6.07, 6.45) is -0.756. The van der Waals surface area contributed by atoms with Crippen molar-refractivity contribution in [1.82, 2.24) is 9.80 Å². The zero-order valence-corrected chi connectivity index (χ0v) is 15.3. The molecule has 3 aliphatic rings. The van der Waals surface area contributed by atoms with Crippen LogP contribution in [0.4, 0.5) is 8.78 Å². The molecule has 2 amide bonds. The number of hydrogen-bond acceptors (Lipinski definition) is 2. The van der Waals surface area contributed by atoms with Crippen molar-refractivity contribution in [3.8, 4) is 0 Å². The van der Waals surface area contributed by atoms with Crippen LogP contribution >= 0.6 is 11.6 Å². The summed E-state index contributed by atoms with van der Waals surface area (Å²) < 4.78 is 25.5. The Balaban J connectivity index is 1.47. The van der Waals surface area contributed by atoms with Gasteiger partial charge in [0.1, 0.15) is 0 Å². The van der Waals surface area contributed by atoms with Gasteiger partial charge in [0.05, 0.1) is 16.6 Å². The molecular formula is C19H21ClF2N2O2. The molecule has 0 unspecified atom stereocenters. The predicted molar refractivity (Wildman–Crippen MR) is 93.2 cm³/mol. The van der Waals surface area contributed by atoms with Gasteiger partial charge in [0.15, 0.2) is 0 Å². The number of carbonyl (C=O) groups excluding carboxylic acids is 2. The van der Waals surface area contributed by atoms with E-state index in [1.165, 1.54) is 12.1 Å². The second-order valence-corrected chi connectivity index (χ2v) is 8.12. The smallest absolute Gasteiger partial charge is 0.263 e. The molecule has 1 aromatic rings. The van der Waals surface area contributed by atoms with Crippen molar-refractivity contribution in [2.24, 2.45) is 17.8 Å². The first-order valence-electron chi connectivity index (χ1n) is 9.04. The van der Waals surface area contributed by atoms with Gasteiger partial charge in [0, 0.05) is 37.0 Å². The lowest BCUT2D eigenvalue weighted by molar-refractivity contribution is -0.133. The Morgan fingerprint density at radius 1 is 1.27 bits per heavy atom. The number of nitrogens with zero attached hydrogens (tertiary/aromatic N) is 2. The van der Waals surface area contributed by atoms with Gasteiger partial charge in [-0.25, -0.2) is 8.78 Å². The lowest BCUT2D eigenvalue weighted by Gasteiger charge is -2.25. The summed E-state index contributed by atoms with van der Waals surface area (Å²) in [7, 11) is 0. The number of halogens is 3. The lowest BCUT2D eigenvalue weighted by Crippen LogP contribution is -2.41. The Bertz CT molecular complexity index is 757. The number of amides is 2. The highest BCUT2D eigenvalue weighted by molar-refractivity contribution is 6.33. The molecule has 26 heavy (non-hydrogen) atoms. The largest absolute Gasteiger partial charge is 0.337 e. The minimum Gasteiger partial charge on any atom is -0.337 e. The van der Waals surface area contributed by atoms with Crippen LogP contribution in [0.2, 0.25) is 5.02 Å². The molecule has 4 rings (SSSR count). The Morgan fingerprint density at radius 2 is 2.00 bits per heavy atom. The molecule has 4 nitrogen and oxygen atoms in total. The van der Waals surface area contributed by atoms with Crippen molar-refractivity contribution in [2.75, 3.05) is 19.6 Å². The van der Waals surface area contributed by atoms with E-state index in [1.54, 1.807) is 4.90 Å². The van der Waals surface area contributed by atoms with Crippen LogP contribution < -0.4 is 0 Å². The van der Waals surface area contributed by atoms with Crippen LogP contribution in [0.3, 0.4) is 0 Å². The van der Waals surface area contributed by atoms with Gasteiger partial charge < -0.3 is 9.80 Å². The molecule has 0 spiro atoms. The minimum absolute atomic E-state index is 0.0459. The zero-order valence-electron chi connectivity index (χ0n) is 14.5. The van der Waals surface area contributed by atoms with Crippen molar-refractivity contribution < 1.29 is 18.4 Å². The maximum absolute atomic E-state index is 12.8. The molecule has 1 saturated carbocycles. The van der Waals surface area contributed by atoms with Crippen molar-refractivity contribution in [2.45, 2.75) is 32.2 Å². The van der Waals surface area contributed by atoms with Crippen molar-refractivity contribution in [1.29, 1.82) is 0 Å². The van der Waals surface area contributed by atoms with Crippen LogP contribution in [0.5, 0.6) is 0 Å². The van der Waals surface area contributed by atoms with Gasteiger partial charge in [0.2, 0.25) is 5.91 Å². The Morgan fingerprint density at radius 3 is 2.62 bits per heavy atom. The van der Waals surface area contributed by atoms with E-state index in [1.807, 2.05) is 4.90 Å². The van der Waals surface area contributed by atoms with E-state index in [0.717, 1.165) is 25.5 Å². The Labute approximate surface area is 156 Å². The molecule has 0 aromatic heterocycles. The zero-order chi connectivity index (χ0) is 18.6. The first kappa shape index (κ1) is 17.7. The topological polar surface area (TPSA) is 40.6 Å². The maximum atomic E-state index is 12.8. The molecule has 2 saturated heterocycles. The van der Waals surface area contributed by atoms with Crippen LogP contribution in [-0.2, 0) is 4.79 Å². The molecule has 1 aromatic carbocycles. The molecule has 1 aliphatic carbocycles. The molecule has 140 valence electrons. The van der Waals surface area contributed by atoms with E-state index >= 15 is 0 Å². The van der Waals surface area contributed by atoms with E-state index in [9.17, 15) is 18.4 Å². The summed E-state index contributed by atoms with van der Waals surface area (Å²) >= 11 is 6.07. The average Bonchev–Trinajstić information content (AvgIpc) is 3.02. The van der Waals surface area contributed by atoms with E-state index in [4.69, 9.17) is 11.6 Å². The van der Waals surface area contributed by atoms with E-state index in [0.29, 0.717) is 19.0 Å². The summed E-state index contributed by atoms with van der Waals surface area (Å²) in [5.74, 6) is 0.870. The highest BCUT2D eigenvalue weighted by atomic mass is 35.5. The lowest BCUT2D eigenvalue weighted by atomic mass is 10.0. The van der Waals surface area contributed by atoms with Gasteiger partial charge in [0.25, 0.3) is 12.3 Å². The first-order chi connectivity index (χ1) is 12.4. The fraction of sp³-hybridized carbons (Fsp3) is 0.579. The standard InChI is InChI=1S/C19H21ClF2N2O2/c1-10-6-14(10)19(26)24-5-4-12-8-23(9-16(12)24)18(25)13-3-2-11(17(21)22)7-15(13)20/h2-3,7,10,12,14,16-17H,4-6,8-9H2,1H3/t10-,12-,14+,16+/m1/s1. The Hall–Kier alpha value is -1.69. The third kappa shape index (κ3) is 2.98. The third-order valence-electron chi connectivity index (χ3n) is 6.02. The molecular weight excluding hydrogens is 362 g/mol. The highest BCUT2D eigenvalue weighted by Gasteiger charge is 2.49. The number of benzene rings is 1. The van der Waals surface area contributed by atoms with Gasteiger partial charge in [-0.05, 0) is 30.9 Å². The molecule has 7 heteroatoms. The highest BCUT2D eigenvalue weighted by Crippen LogP contribution is 2.42. The summed E-state index contributed by atoms with van der Waals surface area (Å²) in [6, 6.07) is 3.83. The number of hydrogen-bond donors (Lipinski definition) is 0. The summed E-state index contributed by atoms with van der Waals surface area (Å²) in [6.45, 7) is 3.93. The monoisotopic (exact) mass is 382 g/mol. The van der Waals surface area contributed by atoms with Crippen LogP contribution in [-0.4, -0.2) is 47.3 Å². The molecule has 4 atom stereocenters. The number of alkyl halides is 2. The fourth-order valence-corrected chi connectivity index (χ4v) is 4.56. The quantitative estimate of drug-likeness (QED) is 0.801. The van der Waals surface area contributed by atoms with Gasteiger partial charge in [-0.3, -0.25) is 9.59 Å². The second kappa shape index (κ2) is 6.48. The molecule has 0 radical (unpaired) electrons. The molecule has 0 bridgehead atoms. The van der Waals surface area contributed by atoms with E-state index < -0.39 is 6.43 Å². The number of likely N-dealkylation sites (tertiary alicyclic amines) is 2. The van der Waals surface area contributed by atoms with Crippen LogP contribution in [0.25, 0.3) is 0 Å². The first-order valence-corrected chi connectivity index (χ1v) is 9.42. The normalized spacial score (nSPS) is 30.0. The van der Waals surface area contributed by atoms with Gasteiger partial charge >= 0.3 is 0 Å². The molecule has 2 aliphatic heterocycles. The van der Waals surface area contributed by atoms with Crippen LogP contribution in [0.15, 0.2) is 18.2 Å². The van der Waals surface area contributed by atoms with Gasteiger partial charge in [-0.1, -0.05) is 24.6 Å². The number of carbonyl (C=O) groups is 2. The Kier molecular flexibility index (Phi) is 4.41. The van der Waals surface area contributed by atoms with Crippen LogP contribution in [0.1, 0.15) is 42.1 Å². The van der Waals surface area contributed by atoms with Gasteiger partial charge in [-0.15, -0.1) is 0 Å². The SMILES string of the molecule is C[C@@H]1C[C@@H]1C(=O)N1CC[C@@H]2CN(C(=O)c3ccc(C(F)F)cc3Cl)C[C@@H]21. The summed E-state index contributed by atoms with van der Waals surface area (Å²) in [5, 5.41) is 0.0459.